The predicted octanol–water partition coefficient (Wildman–Crippen LogP) is 3.26. The van der Waals surface area contributed by atoms with Gasteiger partial charge in [0.2, 0.25) is 5.91 Å². The third-order valence-corrected chi connectivity index (χ3v) is 5.86. The van der Waals surface area contributed by atoms with Gasteiger partial charge in [0, 0.05) is 32.7 Å². The molecule has 0 aromatic rings. The van der Waals surface area contributed by atoms with Crippen LogP contribution < -0.4 is 0 Å². The molecule has 0 bridgehead atoms. The minimum Gasteiger partial charge on any atom is -0.395 e. The zero-order valence-electron chi connectivity index (χ0n) is 14.1. The molecule has 0 rings (SSSR count). The Morgan fingerprint density at radius 1 is 1.15 bits per heavy atom. The second kappa shape index (κ2) is 9.31. The fraction of sp³-hybridized carbons (Fsp3) is 0.800. The van der Waals surface area contributed by atoms with E-state index in [9.17, 15) is 4.79 Å². The molecule has 118 valence electrons. The number of allylic oxidation sites excluding steroid dienone is 1. The van der Waals surface area contributed by atoms with Gasteiger partial charge in [0.05, 0.1) is 0 Å². The van der Waals surface area contributed by atoms with Gasteiger partial charge in [-0.1, -0.05) is 6.08 Å². The maximum absolute atomic E-state index is 12.2. The summed E-state index contributed by atoms with van der Waals surface area (Å²) in [6.45, 7) is 10.2. The Morgan fingerprint density at radius 3 is 2.05 bits per heavy atom. The first-order chi connectivity index (χ1) is 9.27. The Hall–Kier alpha value is -0.653. The van der Waals surface area contributed by atoms with Crippen molar-refractivity contribution in [3.8, 4) is 0 Å². The van der Waals surface area contributed by atoms with Gasteiger partial charge < -0.3 is 13.8 Å². The van der Waals surface area contributed by atoms with E-state index in [1.54, 1.807) is 14.2 Å². The van der Waals surface area contributed by atoms with Crippen LogP contribution in [0.1, 0.15) is 47.0 Å². The molecule has 0 spiro atoms. The Balaban J connectivity index is 4.18. The first kappa shape index (κ1) is 19.3. The van der Waals surface area contributed by atoms with Crippen LogP contribution in [0.15, 0.2) is 11.8 Å². The lowest BCUT2D eigenvalue weighted by Crippen LogP contribution is -2.41. The minimum absolute atomic E-state index is 0.238. The van der Waals surface area contributed by atoms with E-state index in [0.717, 1.165) is 12.8 Å². The highest BCUT2D eigenvalue weighted by Gasteiger charge is 2.24. The standard InChI is InChI=1S/C15H31NO3Si/c1-13(2)16(14(3)4)15(17)11-9-8-10-12-20(7,18-5)19-6/h10,12-14H,8-9,11H2,1-7H3/b12-10-. The molecule has 4 nitrogen and oxygen atoms in total. The van der Waals surface area contributed by atoms with Crippen LogP contribution in [0.4, 0.5) is 0 Å². The van der Waals surface area contributed by atoms with Crippen molar-refractivity contribution in [2.75, 3.05) is 14.2 Å². The van der Waals surface area contributed by atoms with Crippen LogP contribution in [0.2, 0.25) is 6.55 Å². The molecule has 0 saturated heterocycles. The topological polar surface area (TPSA) is 38.8 Å². The summed E-state index contributed by atoms with van der Waals surface area (Å²) in [6.07, 6.45) is 4.41. The fourth-order valence-corrected chi connectivity index (χ4v) is 3.22. The molecule has 5 heteroatoms. The molecule has 0 unspecified atom stereocenters. The third-order valence-electron chi connectivity index (χ3n) is 3.39. The Bertz CT molecular complexity index is 304. The average molecular weight is 302 g/mol. The quantitative estimate of drug-likeness (QED) is 0.485. The van der Waals surface area contributed by atoms with Gasteiger partial charge in [-0.25, -0.2) is 0 Å². The maximum atomic E-state index is 12.2. The highest BCUT2D eigenvalue weighted by atomic mass is 28.4. The van der Waals surface area contributed by atoms with Crippen LogP contribution in [0, 0.1) is 0 Å². The molecule has 20 heavy (non-hydrogen) atoms. The molecule has 0 radical (unpaired) electrons. The van der Waals surface area contributed by atoms with Gasteiger partial charge in [-0.3, -0.25) is 4.79 Å². The minimum atomic E-state index is -2.11. The second-order valence-electron chi connectivity index (χ2n) is 5.71. The molecule has 0 aromatic heterocycles. The molecular formula is C15H31NO3Si. The summed E-state index contributed by atoms with van der Waals surface area (Å²) in [7, 11) is 1.24. The molecule has 0 saturated carbocycles. The molecule has 0 heterocycles. The number of hydrogen-bond acceptors (Lipinski definition) is 3. The van der Waals surface area contributed by atoms with Crippen molar-refractivity contribution in [2.24, 2.45) is 0 Å². The van der Waals surface area contributed by atoms with E-state index in [-0.39, 0.29) is 18.0 Å². The zero-order chi connectivity index (χ0) is 15.8. The first-order valence-electron chi connectivity index (χ1n) is 7.36. The lowest BCUT2D eigenvalue weighted by molar-refractivity contribution is -0.134. The van der Waals surface area contributed by atoms with Crippen molar-refractivity contribution in [1.82, 2.24) is 4.90 Å². The number of carbonyl (C=O) groups is 1. The summed E-state index contributed by atoms with van der Waals surface area (Å²) in [5.41, 5.74) is 2.03. The van der Waals surface area contributed by atoms with Gasteiger partial charge in [0.15, 0.2) is 0 Å². The highest BCUT2D eigenvalue weighted by molar-refractivity contribution is 6.71. The predicted molar refractivity (Wildman–Crippen MR) is 85.7 cm³/mol. The summed E-state index contributed by atoms with van der Waals surface area (Å²) in [4.78, 5) is 14.1. The number of unbranched alkanes of at least 4 members (excludes halogenated alkanes) is 1. The van der Waals surface area contributed by atoms with Gasteiger partial charge in [0.1, 0.15) is 0 Å². The van der Waals surface area contributed by atoms with Crippen LogP contribution in [0.5, 0.6) is 0 Å². The van der Waals surface area contributed by atoms with Gasteiger partial charge in [-0.15, -0.1) is 0 Å². The summed E-state index contributed by atoms with van der Waals surface area (Å²) >= 11 is 0. The van der Waals surface area contributed by atoms with E-state index >= 15 is 0 Å². The van der Waals surface area contributed by atoms with Gasteiger partial charge in [-0.2, -0.15) is 0 Å². The van der Waals surface area contributed by atoms with E-state index < -0.39 is 8.56 Å². The van der Waals surface area contributed by atoms with Crippen LogP contribution in [-0.4, -0.2) is 45.7 Å². The highest BCUT2D eigenvalue weighted by Crippen LogP contribution is 2.11. The second-order valence-corrected chi connectivity index (χ2v) is 8.89. The van der Waals surface area contributed by atoms with Crippen molar-refractivity contribution >= 4 is 14.5 Å². The molecule has 0 fully saturated rings. The number of carbonyl (C=O) groups excluding carboxylic acids is 1. The smallest absolute Gasteiger partial charge is 0.360 e. The van der Waals surface area contributed by atoms with E-state index in [0.29, 0.717) is 6.42 Å². The molecule has 0 aliphatic carbocycles. The summed E-state index contributed by atoms with van der Waals surface area (Å²) in [6, 6.07) is 0.520. The lowest BCUT2D eigenvalue weighted by atomic mass is 10.1. The van der Waals surface area contributed by atoms with Crippen molar-refractivity contribution in [3.63, 3.8) is 0 Å². The van der Waals surface area contributed by atoms with Crippen molar-refractivity contribution < 1.29 is 13.6 Å². The molecule has 0 aliphatic rings. The molecule has 0 aromatic carbocycles. The number of nitrogens with zero attached hydrogens (tertiary/aromatic N) is 1. The fourth-order valence-electron chi connectivity index (χ4n) is 2.19. The van der Waals surface area contributed by atoms with E-state index in [4.69, 9.17) is 8.85 Å². The van der Waals surface area contributed by atoms with Gasteiger partial charge in [-0.05, 0) is 52.8 Å². The monoisotopic (exact) mass is 301 g/mol. The van der Waals surface area contributed by atoms with Crippen LogP contribution >= 0.6 is 0 Å². The summed E-state index contributed by atoms with van der Waals surface area (Å²) in [5.74, 6) is 0.238. The summed E-state index contributed by atoms with van der Waals surface area (Å²) < 4.78 is 10.7. The number of rotatable bonds is 9. The molecule has 0 N–H and O–H groups in total. The van der Waals surface area contributed by atoms with Crippen LogP contribution in [0.3, 0.4) is 0 Å². The number of amides is 1. The van der Waals surface area contributed by atoms with Crippen molar-refractivity contribution in [2.45, 2.75) is 65.6 Å². The Labute approximate surface area is 125 Å². The van der Waals surface area contributed by atoms with Crippen molar-refractivity contribution in [1.29, 1.82) is 0 Å². The van der Waals surface area contributed by atoms with E-state index in [1.807, 2.05) is 17.1 Å². The lowest BCUT2D eigenvalue weighted by Gasteiger charge is -2.30. The molecule has 1 amide bonds. The normalized spacial score (nSPS) is 12.7. The van der Waals surface area contributed by atoms with E-state index in [2.05, 4.69) is 33.8 Å². The van der Waals surface area contributed by atoms with Crippen molar-refractivity contribution in [3.05, 3.63) is 11.8 Å². The van der Waals surface area contributed by atoms with Gasteiger partial charge in [0.25, 0.3) is 0 Å². The van der Waals surface area contributed by atoms with Gasteiger partial charge >= 0.3 is 8.56 Å². The zero-order valence-corrected chi connectivity index (χ0v) is 15.1. The molecular weight excluding hydrogens is 270 g/mol. The molecule has 0 aliphatic heterocycles. The van der Waals surface area contributed by atoms with Crippen LogP contribution in [-0.2, 0) is 13.6 Å². The SMILES string of the molecule is CO[Si](C)(/C=C\CCCC(=O)N(C(C)C)C(C)C)OC. The van der Waals surface area contributed by atoms with E-state index in [1.165, 1.54) is 0 Å². The third kappa shape index (κ3) is 6.68. The first-order valence-corrected chi connectivity index (χ1v) is 9.76. The average Bonchev–Trinajstić information content (AvgIpc) is 2.37. The summed E-state index contributed by atoms with van der Waals surface area (Å²) in [5, 5.41) is 0. The Kier molecular flexibility index (Phi) is 9.01. The van der Waals surface area contributed by atoms with Crippen LogP contribution in [0.25, 0.3) is 0 Å². The largest absolute Gasteiger partial charge is 0.395 e. The molecule has 0 atom stereocenters. The number of hydrogen-bond donors (Lipinski definition) is 0. The Morgan fingerprint density at radius 2 is 1.65 bits per heavy atom. The maximum Gasteiger partial charge on any atom is 0.360 e.